The lowest BCUT2D eigenvalue weighted by Crippen LogP contribution is -1.91. The first-order valence-electron chi connectivity index (χ1n) is 4.14. The van der Waals surface area contributed by atoms with Crippen molar-refractivity contribution in [2.24, 2.45) is 0 Å². The molecule has 1 aromatic heterocycles. The van der Waals surface area contributed by atoms with E-state index in [9.17, 15) is 0 Å². The fraction of sp³-hybridized carbons (Fsp3) is 0.100. The van der Waals surface area contributed by atoms with Crippen LogP contribution in [0.1, 0.15) is 5.56 Å². The summed E-state index contributed by atoms with van der Waals surface area (Å²) in [5.74, 6) is 0. The van der Waals surface area contributed by atoms with Crippen LogP contribution in [0.3, 0.4) is 0 Å². The van der Waals surface area contributed by atoms with Gasteiger partial charge in [-0.3, -0.25) is 4.57 Å². The Hall–Kier alpha value is -0.610. The predicted molar refractivity (Wildman–Crippen MR) is 63.7 cm³/mol. The highest BCUT2D eigenvalue weighted by atomic mass is 79.9. The molecule has 2 rings (SSSR count). The highest BCUT2D eigenvalue weighted by Gasteiger charge is 2.04. The van der Waals surface area contributed by atoms with Crippen LogP contribution >= 0.6 is 31.9 Å². The minimum Gasteiger partial charge on any atom is -0.293 e. The molecule has 72 valence electrons. The van der Waals surface area contributed by atoms with E-state index in [1.165, 1.54) is 5.56 Å². The third kappa shape index (κ3) is 1.91. The van der Waals surface area contributed by atoms with Gasteiger partial charge in [-0.15, -0.1) is 0 Å². The highest BCUT2D eigenvalue weighted by Crippen LogP contribution is 2.20. The third-order valence-corrected chi connectivity index (χ3v) is 2.89. The van der Waals surface area contributed by atoms with E-state index in [0.29, 0.717) is 0 Å². The minimum atomic E-state index is 0.799. The van der Waals surface area contributed by atoms with E-state index < -0.39 is 0 Å². The van der Waals surface area contributed by atoms with Crippen molar-refractivity contribution in [3.8, 4) is 5.69 Å². The van der Waals surface area contributed by atoms with Crippen molar-refractivity contribution in [3.63, 3.8) is 0 Å². The number of nitrogens with zero attached hydrogens (tertiary/aromatic N) is 2. The topological polar surface area (TPSA) is 17.8 Å². The number of aromatic nitrogens is 2. The first-order chi connectivity index (χ1) is 6.66. The Morgan fingerprint density at radius 3 is 2.29 bits per heavy atom. The summed E-state index contributed by atoms with van der Waals surface area (Å²) < 4.78 is 3.60. The van der Waals surface area contributed by atoms with E-state index in [1.54, 1.807) is 0 Å². The number of aryl methyl sites for hydroxylation is 1. The molecule has 0 aliphatic rings. The normalized spacial score (nSPS) is 10.5. The number of rotatable bonds is 1. The first kappa shape index (κ1) is 9.93. The Balaban J connectivity index is 2.49. The van der Waals surface area contributed by atoms with Crippen molar-refractivity contribution in [1.82, 2.24) is 9.55 Å². The standard InChI is InChI=1S/C10H8Br2N2/c1-7-2-4-8(5-3-7)14-6-9(11)13-10(14)12/h2-6H,1H3. The van der Waals surface area contributed by atoms with Crippen molar-refractivity contribution < 1.29 is 0 Å². The van der Waals surface area contributed by atoms with Gasteiger partial charge in [0.2, 0.25) is 0 Å². The fourth-order valence-corrected chi connectivity index (χ4v) is 2.33. The van der Waals surface area contributed by atoms with Crippen LogP contribution in [0.25, 0.3) is 5.69 Å². The number of imidazole rings is 1. The predicted octanol–water partition coefficient (Wildman–Crippen LogP) is 3.71. The Morgan fingerprint density at radius 1 is 1.14 bits per heavy atom. The molecule has 0 spiro atoms. The van der Waals surface area contributed by atoms with Gasteiger partial charge in [0.05, 0.1) is 0 Å². The number of hydrogen-bond donors (Lipinski definition) is 0. The lowest BCUT2D eigenvalue weighted by Gasteiger charge is -2.03. The molecule has 0 bridgehead atoms. The van der Waals surface area contributed by atoms with Gasteiger partial charge in [0.25, 0.3) is 0 Å². The number of benzene rings is 1. The lowest BCUT2D eigenvalue weighted by atomic mass is 10.2. The van der Waals surface area contributed by atoms with Gasteiger partial charge in [0.15, 0.2) is 4.73 Å². The maximum Gasteiger partial charge on any atom is 0.182 e. The molecule has 0 aliphatic heterocycles. The quantitative estimate of drug-likeness (QED) is 0.784. The van der Waals surface area contributed by atoms with Crippen LogP contribution in [0.4, 0.5) is 0 Å². The summed E-state index contributed by atoms with van der Waals surface area (Å²) in [6.45, 7) is 2.07. The van der Waals surface area contributed by atoms with E-state index in [0.717, 1.165) is 15.0 Å². The van der Waals surface area contributed by atoms with Gasteiger partial charge >= 0.3 is 0 Å². The summed E-state index contributed by atoms with van der Waals surface area (Å²) in [4.78, 5) is 4.21. The Morgan fingerprint density at radius 2 is 1.79 bits per heavy atom. The molecule has 0 saturated carbocycles. The van der Waals surface area contributed by atoms with Crippen LogP contribution in [-0.4, -0.2) is 9.55 Å². The molecule has 0 aliphatic carbocycles. The zero-order valence-electron chi connectivity index (χ0n) is 7.54. The Labute approximate surface area is 99.2 Å². The van der Waals surface area contributed by atoms with E-state index in [1.807, 2.05) is 10.8 Å². The van der Waals surface area contributed by atoms with Crippen molar-refractivity contribution in [1.29, 1.82) is 0 Å². The average Bonchev–Trinajstić information content (AvgIpc) is 2.47. The Bertz CT molecular complexity index is 446. The second-order valence-electron chi connectivity index (χ2n) is 3.04. The zero-order valence-corrected chi connectivity index (χ0v) is 10.7. The van der Waals surface area contributed by atoms with E-state index >= 15 is 0 Å². The first-order valence-corrected chi connectivity index (χ1v) is 5.73. The molecule has 1 heterocycles. The molecule has 1 aromatic carbocycles. The highest BCUT2D eigenvalue weighted by molar-refractivity contribution is 9.11. The second-order valence-corrected chi connectivity index (χ2v) is 4.56. The van der Waals surface area contributed by atoms with Gasteiger partial charge in [0.1, 0.15) is 4.60 Å². The molecule has 0 unspecified atom stereocenters. The zero-order chi connectivity index (χ0) is 10.1. The molecule has 0 saturated heterocycles. The van der Waals surface area contributed by atoms with Crippen molar-refractivity contribution in [2.75, 3.05) is 0 Å². The average molecular weight is 316 g/mol. The monoisotopic (exact) mass is 314 g/mol. The molecule has 0 atom stereocenters. The van der Waals surface area contributed by atoms with Crippen LogP contribution in [0, 0.1) is 6.92 Å². The largest absolute Gasteiger partial charge is 0.293 e. The number of hydrogen-bond acceptors (Lipinski definition) is 1. The molecular weight excluding hydrogens is 308 g/mol. The SMILES string of the molecule is Cc1ccc(-n2cc(Br)nc2Br)cc1. The van der Waals surface area contributed by atoms with Gasteiger partial charge in [-0.1, -0.05) is 17.7 Å². The van der Waals surface area contributed by atoms with Crippen LogP contribution in [0.5, 0.6) is 0 Å². The maximum atomic E-state index is 4.21. The van der Waals surface area contributed by atoms with Gasteiger partial charge in [0, 0.05) is 11.9 Å². The second kappa shape index (κ2) is 3.87. The van der Waals surface area contributed by atoms with Crippen molar-refractivity contribution in [2.45, 2.75) is 6.92 Å². The summed E-state index contributed by atoms with van der Waals surface area (Å²) in [6.07, 6.45) is 1.93. The van der Waals surface area contributed by atoms with E-state index in [2.05, 4.69) is 68.0 Å². The van der Waals surface area contributed by atoms with Crippen LogP contribution in [0.2, 0.25) is 0 Å². The van der Waals surface area contributed by atoms with Crippen molar-refractivity contribution >= 4 is 31.9 Å². The molecule has 4 heteroatoms. The third-order valence-electron chi connectivity index (χ3n) is 1.95. The van der Waals surface area contributed by atoms with E-state index in [-0.39, 0.29) is 0 Å². The maximum absolute atomic E-state index is 4.21. The summed E-state index contributed by atoms with van der Waals surface area (Å²) in [5, 5.41) is 0. The molecular formula is C10H8Br2N2. The fourth-order valence-electron chi connectivity index (χ4n) is 1.22. The summed E-state index contributed by atoms with van der Waals surface area (Å²) in [5.41, 5.74) is 2.35. The molecule has 0 radical (unpaired) electrons. The number of halogens is 2. The van der Waals surface area contributed by atoms with Gasteiger partial charge in [-0.05, 0) is 50.9 Å². The summed E-state index contributed by atoms with van der Waals surface area (Å²) in [7, 11) is 0. The van der Waals surface area contributed by atoms with Crippen LogP contribution in [0.15, 0.2) is 39.8 Å². The molecule has 0 N–H and O–H groups in total. The summed E-state index contributed by atoms with van der Waals surface area (Å²) >= 11 is 6.73. The molecule has 14 heavy (non-hydrogen) atoms. The van der Waals surface area contributed by atoms with Crippen molar-refractivity contribution in [3.05, 3.63) is 45.4 Å². The van der Waals surface area contributed by atoms with Gasteiger partial charge in [-0.2, -0.15) is 0 Å². The van der Waals surface area contributed by atoms with E-state index in [4.69, 9.17) is 0 Å². The van der Waals surface area contributed by atoms with Gasteiger partial charge < -0.3 is 0 Å². The van der Waals surface area contributed by atoms with Crippen LogP contribution in [-0.2, 0) is 0 Å². The molecule has 2 nitrogen and oxygen atoms in total. The molecule has 0 amide bonds. The lowest BCUT2D eigenvalue weighted by molar-refractivity contribution is 1.01. The Kier molecular flexibility index (Phi) is 2.74. The smallest absolute Gasteiger partial charge is 0.182 e. The van der Waals surface area contributed by atoms with Crippen LogP contribution < -0.4 is 0 Å². The molecule has 2 aromatic rings. The van der Waals surface area contributed by atoms with Gasteiger partial charge in [-0.25, -0.2) is 4.98 Å². The molecule has 0 fully saturated rings. The minimum absolute atomic E-state index is 0.799. The summed E-state index contributed by atoms with van der Waals surface area (Å²) in [6, 6.07) is 8.29.